The third kappa shape index (κ3) is 3.73. The van der Waals surface area contributed by atoms with Gasteiger partial charge < -0.3 is 14.5 Å². The number of ether oxygens (including phenoxy) is 1. The lowest BCUT2D eigenvalue weighted by Crippen LogP contribution is -2.36. The number of nitrogens with zero attached hydrogens (tertiary/aromatic N) is 2. The summed E-state index contributed by atoms with van der Waals surface area (Å²) in [5.74, 6) is 1.53. The van der Waals surface area contributed by atoms with Crippen LogP contribution in [0.3, 0.4) is 0 Å². The van der Waals surface area contributed by atoms with Crippen molar-refractivity contribution in [2.45, 2.75) is 25.8 Å². The van der Waals surface area contributed by atoms with Gasteiger partial charge in [-0.2, -0.15) is 0 Å². The van der Waals surface area contributed by atoms with E-state index in [4.69, 9.17) is 9.15 Å². The zero-order valence-electron chi connectivity index (χ0n) is 16.3. The normalized spacial score (nSPS) is 15.6. The van der Waals surface area contributed by atoms with Gasteiger partial charge in [0.25, 0.3) is 5.91 Å². The summed E-state index contributed by atoms with van der Waals surface area (Å²) in [6.45, 7) is 4.42. The number of aromatic nitrogens is 1. The number of carbonyl (C=O) groups excluding carboxylic acids is 1. The molecule has 0 aliphatic carbocycles. The van der Waals surface area contributed by atoms with Crippen molar-refractivity contribution in [3.63, 3.8) is 0 Å². The SMILES string of the molecule is COc1ccc2cc(C(=O)NCC(c3ccco3)N3CCCC3)c(C)nc2c1. The second-order valence-corrected chi connectivity index (χ2v) is 7.16. The molecule has 1 aliphatic heterocycles. The van der Waals surface area contributed by atoms with Crippen LogP contribution >= 0.6 is 0 Å². The number of pyridine rings is 1. The van der Waals surface area contributed by atoms with Gasteiger partial charge in [-0.3, -0.25) is 14.7 Å². The molecule has 4 rings (SSSR count). The quantitative estimate of drug-likeness (QED) is 0.707. The maximum atomic E-state index is 12.9. The second-order valence-electron chi connectivity index (χ2n) is 7.16. The Bertz CT molecular complexity index is 963. The van der Waals surface area contributed by atoms with Crippen molar-refractivity contribution in [2.24, 2.45) is 0 Å². The molecule has 1 unspecified atom stereocenters. The van der Waals surface area contributed by atoms with E-state index in [0.717, 1.165) is 35.5 Å². The Morgan fingerprint density at radius 1 is 1.29 bits per heavy atom. The van der Waals surface area contributed by atoms with Crippen LogP contribution in [0.25, 0.3) is 10.9 Å². The monoisotopic (exact) mass is 379 g/mol. The molecule has 0 saturated carbocycles. The van der Waals surface area contributed by atoms with Gasteiger partial charge in [0, 0.05) is 18.0 Å². The van der Waals surface area contributed by atoms with Gasteiger partial charge in [0.1, 0.15) is 11.5 Å². The summed E-state index contributed by atoms with van der Waals surface area (Å²) in [5, 5.41) is 4.00. The van der Waals surface area contributed by atoms with Gasteiger partial charge in [0.15, 0.2) is 0 Å². The molecule has 6 heteroatoms. The molecule has 146 valence electrons. The fourth-order valence-corrected chi connectivity index (χ4v) is 3.83. The van der Waals surface area contributed by atoms with E-state index in [0.29, 0.717) is 17.8 Å². The van der Waals surface area contributed by atoms with E-state index in [9.17, 15) is 4.79 Å². The minimum atomic E-state index is -0.113. The van der Waals surface area contributed by atoms with Gasteiger partial charge in [0.05, 0.1) is 36.2 Å². The molecule has 1 atom stereocenters. The molecule has 3 heterocycles. The number of fused-ring (bicyclic) bond motifs is 1. The number of aryl methyl sites for hydroxylation is 1. The lowest BCUT2D eigenvalue weighted by atomic mass is 10.1. The van der Waals surface area contributed by atoms with Crippen LogP contribution in [0.5, 0.6) is 5.75 Å². The fraction of sp³-hybridized carbons (Fsp3) is 0.364. The number of likely N-dealkylation sites (tertiary alicyclic amines) is 1. The highest BCUT2D eigenvalue weighted by molar-refractivity contribution is 5.98. The average molecular weight is 379 g/mol. The summed E-state index contributed by atoms with van der Waals surface area (Å²) in [6, 6.07) is 11.5. The highest BCUT2D eigenvalue weighted by atomic mass is 16.5. The van der Waals surface area contributed by atoms with Crippen LogP contribution in [0.15, 0.2) is 47.1 Å². The summed E-state index contributed by atoms with van der Waals surface area (Å²) in [7, 11) is 1.63. The summed E-state index contributed by atoms with van der Waals surface area (Å²) < 4.78 is 10.9. The van der Waals surface area contributed by atoms with Crippen molar-refractivity contribution in [1.82, 2.24) is 15.2 Å². The minimum Gasteiger partial charge on any atom is -0.497 e. The minimum absolute atomic E-state index is 0.0550. The molecule has 1 N–H and O–H groups in total. The van der Waals surface area contributed by atoms with E-state index in [1.54, 1.807) is 13.4 Å². The van der Waals surface area contributed by atoms with E-state index in [-0.39, 0.29) is 11.9 Å². The zero-order chi connectivity index (χ0) is 19.5. The Hall–Kier alpha value is -2.86. The maximum Gasteiger partial charge on any atom is 0.253 e. The third-order valence-corrected chi connectivity index (χ3v) is 5.37. The topological polar surface area (TPSA) is 67.6 Å². The van der Waals surface area contributed by atoms with Crippen LogP contribution in [0.1, 0.15) is 40.7 Å². The Morgan fingerprint density at radius 3 is 2.82 bits per heavy atom. The number of nitrogens with one attached hydrogen (secondary N) is 1. The van der Waals surface area contributed by atoms with Gasteiger partial charge in [0.2, 0.25) is 0 Å². The number of methoxy groups -OCH3 is 1. The first-order valence-electron chi connectivity index (χ1n) is 9.67. The van der Waals surface area contributed by atoms with Crippen LogP contribution in [-0.2, 0) is 0 Å². The molecular weight excluding hydrogens is 354 g/mol. The molecular formula is C22H25N3O3. The molecule has 2 aromatic heterocycles. The zero-order valence-corrected chi connectivity index (χ0v) is 16.3. The molecule has 3 aromatic rings. The molecule has 1 fully saturated rings. The Labute approximate surface area is 164 Å². The van der Waals surface area contributed by atoms with Crippen molar-refractivity contribution in [3.05, 3.63) is 59.7 Å². The van der Waals surface area contributed by atoms with Gasteiger partial charge in [-0.05, 0) is 63.2 Å². The van der Waals surface area contributed by atoms with Crippen LogP contribution in [0, 0.1) is 6.92 Å². The average Bonchev–Trinajstić information content (AvgIpc) is 3.41. The predicted molar refractivity (Wildman–Crippen MR) is 108 cm³/mol. The molecule has 1 aliphatic rings. The lowest BCUT2D eigenvalue weighted by Gasteiger charge is -2.26. The first kappa shape index (κ1) is 18.5. The molecule has 0 bridgehead atoms. The fourth-order valence-electron chi connectivity index (χ4n) is 3.83. The summed E-state index contributed by atoms with van der Waals surface area (Å²) in [4.78, 5) is 19.9. The summed E-state index contributed by atoms with van der Waals surface area (Å²) in [6.07, 6.45) is 4.05. The van der Waals surface area contributed by atoms with Gasteiger partial charge in [-0.1, -0.05) is 0 Å². The molecule has 1 saturated heterocycles. The summed E-state index contributed by atoms with van der Waals surface area (Å²) >= 11 is 0. The second kappa shape index (κ2) is 8.02. The van der Waals surface area contributed by atoms with Crippen LogP contribution in [-0.4, -0.2) is 42.5 Å². The van der Waals surface area contributed by atoms with Crippen molar-refractivity contribution < 1.29 is 13.9 Å². The van der Waals surface area contributed by atoms with Crippen molar-refractivity contribution in [2.75, 3.05) is 26.7 Å². The van der Waals surface area contributed by atoms with Gasteiger partial charge in [-0.15, -0.1) is 0 Å². The highest BCUT2D eigenvalue weighted by Gasteiger charge is 2.26. The van der Waals surface area contributed by atoms with E-state index in [1.807, 2.05) is 43.3 Å². The van der Waals surface area contributed by atoms with E-state index < -0.39 is 0 Å². The number of benzene rings is 1. The van der Waals surface area contributed by atoms with E-state index in [2.05, 4.69) is 15.2 Å². The molecule has 1 amide bonds. The number of hydrogen-bond acceptors (Lipinski definition) is 5. The Morgan fingerprint density at radius 2 is 2.11 bits per heavy atom. The molecule has 0 radical (unpaired) electrons. The first-order chi connectivity index (χ1) is 13.7. The van der Waals surface area contributed by atoms with Crippen LogP contribution in [0.4, 0.5) is 0 Å². The molecule has 0 spiro atoms. The maximum absolute atomic E-state index is 12.9. The highest BCUT2D eigenvalue weighted by Crippen LogP contribution is 2.25. The molecule has 1 aromatic carbocycles. The van der Waals surface area contributed by atoms with Crippen molar-refractivity contribution in [1.29, 1.82) is 0 Å². The first-order valence-corrected chi connectivity index (χ1v) is 9.67. The third-order valence-electron chi connectivity index (χ3n) is 5.37. The number of furan rings is 1. The van der Waals surface area contributed by atoms with Crippen molar-refractivity contribution >= 4 is 16.8 Å². The number of amides is 1. The van der Waals surface area contributed by atoms with E-state index >= 15 is 0 Å². The Balaban J connectivity index is 1.53. The number of carbonyl (C=O) groups is 1. The Kier molecular flexibility index (Phi) is 5.30. The van der Waals surface area contributed by atoms with E-state index in [1.165, 1.54) is 12.8 Å². The van der Waals surface area contributed by atoms with Crippen LogP contribution in [0.2, 0.25) is 0 Å². The smallest absolute Gasteiger partial charge is 0.253 e. The summed E-state index contributed by atoms with van der Waals surface area (Å²) in [5.41, 5.74) is 2.12. The van der Waals surface area contributed by atoms with Crippen LogP contribution < -0.4 is 10.1 Å². The van der Waals surface area contributed by atoms with Gasteiger partial charge >= 0.3 is 0 Å². The molecule has 6 nitrogen and oxygen atoms in total. The molecule has 28 heavy (non-hydrogen) atoms. The lowest BCUT2D eigenvalue weighted by molar-refractivity contribution is 0.0933. The standard InChI is InChI=1S/C22H25N3O3/c1-15-18(12-16-7-8-17(27-2)13-19(16)24-15)22(26)23-14-20(21-6-5-11-28-21)25-9-3-4-10-25/h5-8,11-13,20H,3-4,9-10,14H2,1-2H3,(H,23,26). The van der Waals surface area contributed by atoms with Crippen molar-refractivity contribution in [3.8, 4) is 5.75 Å². The largest absolute Gasteiger partial charge is 0.497 e. The number of hydrogen-bond donors (Lipinski definition) is 1. The number of rotatable bonds is 6. The van der Waals surface area contributed by atoms with Gasteiger partial charge in [-0.25, -0.2) is 0 Å². The predicted octanol–water partition coefficient (Wildman–Crippen LogP) is 3.71.